The first-order chi connectivity index (χ1) is 13.3. The van der Waals surface area contributed by atoms with Crippen molar-refractivity contribution in [2.45, 2.75) is 48.4 Å². The Morgan fingerprint density at radius 1 is 1.18 bits per heavy atom. The van der Waals surface area contributed by atoms with Crippen LogP contribution in [-0.4, -0.2) is 56.5 Å². The van der Waals surface area contributed by atoms with Gasteiger partial charge in [0.05, 0.1) is 6.07 Å². The van der Waals surface area contributed by atoms with Gasteiger partial charge in [-0.15, -0.1) is 0 Å². The number of hydrogen-bond donors (Lipinski definition) is 0. The number of carbonyl (C=O) groups excluding carboxylic acids is 1. The summed E-state index contributed by atoms with van der Waals surface area (Å²) in [5, 5.41) is 8.73. The maximum absolute atomic E-state index is 13.1. The molecule has 0 N–H and O–H groups in total. The predicted molar refractivity (Wildman–Crippen MR) is 110 cm³/mol. The fraction of sp³-hybridized carbons (Fsp3) is 0.600. The van der Waals surface area contributed by atoms with Crippen LogP contribution in [0.15, 0.2) is 24.3 Å². The van der Waals surface area contributed by atoms with E-state index in [1.54, 1.807) is 12.1 Å². The fourth-order valence-electron chi connectivity index (χ4n) is 3.67. The molecule has 0 spiro atoms. The molecule has 1 aliphatic heterocycles. The topological polar surface area (TPSA) is 47.3 Å². The third-order valence-electron chi connectivity index (χ3n) is 5.41. The number of benzene rings is 1. The second-order valence-electron chi connectivity index (χ2n) is 7.33. The number of nitriles is 1. The van der Waals surface area contributed by atoms with Gasteiger partial charge in [-0.05, 0) is 0 Å². The van der Waals surface area contributed by atoms with Gasteiger partial charge in [-0.1, -0.05) is 0 Å². The molecular weight excluding hydrogens is 482 g/mol. The molecule has 4 nitrogen and oxygen atoms in total. The number of nitrogens with zero attached hydrogens (tertiary/aromatic N) is 3. The van der Waals surface area contributed by atoms with Crippen LogP contribution in [0.1, 0.15) is 42.5 Å². The molecular formula is C20H25F3IN3O. The molecule has 2 fully saturated rings. The van der Waals surface area contributed by atoms with Gasteiger partial charge in [0.25, 0.3) is 0 Å². The van der Waals surface area contributed by atoms with Crippen molar-refractivity contribution in [2.24, 2.45) is 0 Å². The number of halogens is 4. The number of likely N-dealkylation sites (tertiary alicyclic amines) is 1. The first kappa shape index (κ1) is 21.4. The number of hydrogen-bond acceptors (Lipinski definition) is 3. The number of carbonyl (C=O) groups is 1. The normalized spacial score (nSPS) is 19.2. The molecule has 1 aromatic carbocycles. The van der Waals surface area contributed by atoms with Gasteiger partial charge in [-0.2, -0.15) is 5.26 Å². The molecule has 28 heavy (non-hydrogen) atoms. The van der Waals surface area contributed by atoms with Crippen LogP contribution < -0.4 is 0 Å². The summed E-state index contributed by atoms with van der Waals surface area (Å²) in [6, 6.07) is 8.69. The van der Waals surface area contributed by atoms with Crippen LogP contribution in [-0.2, 0) is 0 Å². The van der Waals surface area contributed by atoms with Crippen molar-refractivity contribution >= 4 is 25.7 Å². The molecule has 1 aliphatic carbocycles. The molecule has 0 bridgehead atoms. The summed E-state index contributed by atoms with van der Waals surface area (Å²) in [6.07, 6.45) is 4.27. The summed E-state index contributed by atoms with van der Waals surface area (Å²) < 4.78 is 35.1. The molecule has 1 saturated carbocycles. The summed E-state index contributed by atoms with van der Waals surface area (Å²) in [5.41, 5.74) is 0.481. The summed E-state index contributed by atoms with van der Waals surface area (Å²) in [7, 11) is 0. The van der Waals surface area contributed by atoms with Crippen LogP contribution >= 0.6 is 19.8 Å². The van der Waals surface area contributed by atoms with Gasteiger partial charge in [-0.3, -0.25) is 0 Å². The summed E-state index contributed by atoms with van der Waals surface area (Å²) >= 11 is -3.22. The van der Waals surface area contributed by atoms with Crippen molar-refractivity contribution < 1.29 is 18.0 Å². The van der Waals surface area contributed by atoms with Crippen molar-refractivity contribution in [3.63, 3.8) is 0 Å². The average Bonchev–Trinajstić information content (AvgIpc) is 3.51. The Kier molecular flexibility index (Phi) is 6.86. The Hall–Kier alpha value is -1.34. The van der Waals surface area contributed by atoms with E-state index in [1.807, 2.05) is 4.90 Å². The second-order valence-corrected chi connectivity index (χ2v) is 12.5. The van der Waals surface area contributed by atoms with Gasteiger partial charge < -0.3 is 0 Å². The van der Waals surface area contributed by atoms with Crippen molar-refractivity contribution in [1.29, 1.82) is 5.26 Å². The first-order valence-electron chi connectivity index (χ1n) is 9.50. The zero-order valence-electron chi connectivity index (χ0n) is 15.9. The van der Waals surface area contributed by atoms with Crippen molar-refractivity contribution in [1.82, 2.24) is 9.80 Å². The second kappa shape index (κ2) is 8.99. The monoisotopic (exact) mass is 507 g/mol. The summed E-state index contributed by atoms with van der Waals surface area (Å²) in [6.45, 7) is 2.51. The van der Waals surface area contributed by atoms with Crippen molar-refractivity contribution in [2.75, 3.05) is 24.6 Å². The van der Waals surface area contributed by atoms with E-state index in [4.69, 9.17) is 5.26 Å². The average molecular weight is 507 g/mol. The van der Waals surface area contributed by atoms with Gasteiger partial charge in [0.15, 0.2) is 0 Å². The van der Waals surface area contributed by atoms with E-state index < -0.39 is 24.0 Å². The Balaban J connectivity index is 1.67. The first-order valence-corrected chi connectivity index (χ1v) is 13.8. The predicted octanol–water partition coefficient (Wildman–Crippen LogP) is 4.49. The van der Waals surface area contributed by atoms with Crippen molar-refractivity contribution in [3.8, 4) is 6.07 Å². The number of piperidine rings is 1. The molecule has 1 amide bonds. The summed E-state index contributed by atoms with van der Waals surface area (Å²) in [4.78, 5) is 18.6. The van der Waals surface area contributed by atoms with E-state index in [2.05, 4.69) is 11.0 Å². The maximum atomic E-state index is 13.1. The Morgan fingerprint density at radius 3 is 2.25 bits per heavy atom. The minimum atomic E-state index is -4.13. The molecule has 1 saturated heterocycles. The van der Waals surface area contributed by atoms with Crippen LogP contribution in [0, 0.1) is 14.9 Å². The van der Waals surface area contributed by atoms with Crippen LogP contribution in [0.4, 0.5) is 13.2 Å². The molecule has 154 valence electrons. The SMILES string of the molecule is CI(c1ccc(C(=O)N(C2CC2)C2CCN(CCC#N)CC2)cc1)C(F)(F)F. The number of rotatable bonds is 6. The third kappa shape index (κ3) is 5.17. The van der Waals surface area contributed by atoms with E-state index in [0.29, 0.717) is 15.6 Å². The molecule has 0 aromatic heterocycles. The molecule has 0 radical (unpaired) electrons. The van der Waals surface area contributed by atoms with E-state index >= 15 is 0 Å². The summed E-state index contributed by atoms with van der Waals surface area (Å²) in [5.74, 6) is -0.0620. The Morgan fingerprint density at radius 2 is 1.75 bits per heavy atom. The number of alkyl halides is 5. The molecule has 1 heterocycles. The van der Waals surface area contributed by atoms with E-state index in [1.165, 1.54) is 17.1 Å². The minimum absolute atomic E-state index is 0.0620. The molecule has 8 heteroatoms. The van der Waals surface area contributed by atoms with Crippen LogP contribution in [0.2, 0.25) is 0 Å². The standard InChI is InChI=1S/C20H25F3IN3O/c1-24(20(21,22)23)16-5-3-15(4-6-16)19(28)27(17-7-8-17)18-9-13-26(14-10-18)12-2-11-25/h3-6,17-18H,2,7-10,12-14H2,1H3. The zero-order chi connectivity index (χ0) is 20.3. The van der Waals surface area contributed by atoms with Crippen LogP contribution in [0.3, 0.4) is 0 Å². The fourth-order valence-corrected chi connectivity index (χ4v) is 5.81. The molecule has 1 aromatic rings. The van der Waals surface area contributed by atoms with Gasteiger partial charge in [0, 0.05) is 0 Å². The van der Waals surface area contributed by atoms with Crippen LogP contribution in [0.25, 0.3) is 0 Å². The third-order valence-corrected chi connectivity index (χ3v) is 9.83. The molecule has 3 rings (SSSR count). The zero-order valence-corrected chi connectivity index (χ0v) is 18.0. The number of amides is 1. The van der Waals surface area contributed by atoms with E-state index in [9.17, 15) is 18.0 Å². The van der Waals surface area contributed by atoms with E-state index in [0.717, 1.165) is 45.3 Å². The van der Waals surface area contributed by atoms with Crippen LogP contribution in [0.5, 0.6) is 0 Å². The quantitative estimate of drug-likeness (QED) is 0.421. The Labute approximate surface area is 171 Å². The van der Waals surface area contributed by atoms with Gasteiger partial charge in [-0.25, -0.2) is 0 Å². The van der Waals surface area contributed by atoms with Crippen molar-refractivity contribution in [3.05, 3.63) is 33.4 Å². The Bertz CT molecular complexity index is 720. The molecule has 0 unspecified atom stereocenters. The van der Waals surface area contributed by atoms with Gasteiger partial charge in [0.2, 0.25) is 0 Å². The van der Waals surface area contributed by atoms with Gasteiger partial charge in [0.1, 0.15) is 0 Å². The van der Waals surface area contributed by atoms with E-state index in [-0.39, 0.29) is 18.0 Å². The van der Waals surface area contributed by atoms with Gasteiger partial charge >= 0.3 is 160 Å². The molecule has 0 atom stereocenters. The molecule has 2 aliphatic rings.